The van der Waals surface area contributed by atoms with E-state index in [1.54, 1.807) is 0 Å². The van der Waals surface area contributed by atoms with E-state index in [0.29, 0.717) is 5.56 Å². The van der Waals surface area contributed by atoms with Gasteiger partial charge >= 0.3 is 0 Å². The second-order valence-electron chi connectivity index (χ2n) is 6.97. The van der Waals surface area contributed by atoms with Gasteiger partial charge in [0.2, 0.25) is 0 Å². The lowest BCUT2D eigenvalue weighted by atomic mass is 10.1. The maximum atomic E-state index is 13.3. The van der Waals surface area contributed by atoms with Gasteiger partial charge in [0.25, 0.3) is 5.91 Å². The van der Waals surface area contributed by atoms with Crippen LogP contribution < -0.4 is 0 Å². The SMILES string of the molecule is Cc1ccc(-n2nc(C)c(C(=O)N3CCCCC3)c2-n2cccc2)cc1. The molecule has 0 saturated carbocycles. The molecule has 0 atom stereocenters. The minimum atomic E-state index is 0.0873. The Morgan fingerprint density at radius 2 is 1.62 bits per heavy atom. The van der Waals surface area contributed by atoms with Crippen LogP contribution in [-0.2, 0) is 0 Å². The van der Waals surface area contributed by atoms with E-state index in [2.05, 4.69) is 19.1 Å². The first-order chi connectivity index (χ1) is 12.6. The first-order valence-electron chi connectivity index (χ1n) is 9.24. The van der Waals surface area contributed by atoms with Gasteiger partial charge in [0.1, 0.15) is 5.56 Å². The Kier molecular flexibility index (Phi) is 4.37. The number of rotatable bonds is 3. The fourth-order valence-electron chi connectivity index (χ4n) is 3.60. The number of amides is 1. The van der Waals surface area contributed by atoms with E-state index in [9.17, 15) is 4.79 Å². The van der Waals surface area contributed by atoms with Crippen LogP contribution in [0.4, 0.5) is 0 Å². The lowest BCUT2D eigenvalue weighted by Gasteiger charge is -2.27. The molecule has 3 heterocycles. The molecule has 0 aliphatic carbocycles. The summed E-state index contributed by atoms with van der Waals surface area (Å²) in [5, 5.41) is 4.73. The Balaban J connectivity index is 1.86. The number of benzene rings is 1. The Morgan fingerprint density at radius 1 is 0.962 bits per heavy atom. The zero-order valence-corrected chi connectivity index (χ0v) is 15.4. The number of hydrogen-bond donors (Lipinski definition) is 0. The largest absolute Gasteiger partial charge is 0.338 e. The third-order valence-corrected chi connectivity index (χ3v) is 5.02. The van der Waals surface area contributed by atoms with Crippen LogP contribution in [0.1, 0.15) is 40.9 Å². The van der Waals surface area contributed by atoms with E-state index in [-0.39, 0.29) is 5.91 Å². The first kappa shape index (κ1) is 16.6. The lowest BCUT2D eigenvalue weighted by Crippen LogP contribution is -2.36. The summed E-state index contributed by atoms with van der Waals surface area (Å²) in [6, 6.07) is 12.2. The van der Waals surface area contributed by atoms with Crippen LogP contribution in [0, 0.1) is 13.8 Å². The van der Waals surface area contributed by atoms with E-state index in [4.69, 9.17) is 5.10 Å². The fraction of sp³-hybridized carbons (Fsp3) is 0.333. The van der Waals surface area contributed by atoms with Crippen molar-refractivity contribution in [1.29, 1.82) is 0 Å². The van der Waals surface area contributed by atoms with E-state index in [0.717, 1.165) is 43.1 Å². The molecule has 0 N–H and O–H groups in total. The van der Waals surface area contributed by atoms with Crippen LogP contribution in [0.15, 0.2) is 48.8 Å². The molecule has 0 unspecified atom stereocenters. The molecule has 1 fully saturated rings. The summed E-state index contributed by atoms with van der Waals surface area (Å²) in [4.78, 5) is 15.3. The monoisotopic (exact) mass is 348 g/mol. The van der Waals surface area contributed by atoms with Gasteiger partial charge in [-0.05, 0) is 57.4 Å². The van der Waals surface area contributed by atoms with Gasteiger partial charge in [-0.15, -0.1) is 0 Å². The third-order valence-electron chi connectivity index (χ3n) is 5.02. The van der Waals surface area contributed by atoms with Crippen molar-refractivity contribution in [3.05, 3.63) is 65.6 Å². The Labute approximate surface area is 153 Å². The Morgan fingerprint density at radius 3 is 2.27 bits per heavy atom. The zero-order chi connectivity index (χ0) is 18.1. The Hall–Kier alpha value is -2.82. The fourth-order valence-corrected chi connectivity index (χ4v) is 3.60. The quantitative estimate of drug-likeness (QED) is 0.720. The standard InChI is InChI=1S/C21H24N4O/c1-16-8-10-18(11-9-16)25-20(23-12-6-7-13-23)19(17(2)22-25)21(26)24-14-4-3-5-15-24/h6-13H,3-5,14-15H2,1-2H3. The van der Waals surface area contributed by atoms with Crippen LogP contribution in [0.5, 0.6) is 0 Å². The number of aryl methyl sites for hydroxylation is 2. The highest BCUT2D eigenvalue weighted by atomic mass is 16.2. The molecule has 1 aliphatic rings. The van der Waals surface area contributed by atoms with Gasteiger partial charge in [0.15, 0.2) is 5.82 Å². The predicted molar refractivity (Wildman–Crippen MR) is 102 cm³/mol. The average molecular weight is 348 g/mol. The number of aromatic nitrogens is 3. The van der Waals surface area contributed by atoms with Gasteiger partial charge < -0.3 is 9.47 Å². The maximum Gasteiger partial charge on any atom is 0.259 e. The van der Waals surface area contributed by atoms with Crippen molar-refractivity contribution in [1.82, 2.24) is 19.2 Å². The minimum Gasteiger partial charge on any atom is -0.338 e. The second kappa shape index (κ2) is 6.83. The van der Waals surface area contributed by atoms with Crippen LogP contribution in [0.2, 0.25) is 0 Å². The summed E-state index contributed by atoms with van der Waals surface area (Å²) >= 11 is 0. The molecule has 0 bridgehead atoms. The summed E-state index contributed by atoms with van der Waals surface area (Å²) in [6.07, 6.45) is 7.30. The number of carbonyl (C=O) groups is 1. The highest BCUT2D eigenvalue weighted by molar-refractivity contribution is 5.98. The van der Waals surface area contributed by atoms with Crippen molar-refractivity contribution >= 4 is 5.91 Å². The van der Waals surface area contributed by atoms with Gasteiger partial charge in [-0.2, -0.15) is 5.10 Å². The molecule has 1 amide bonds. The van der Waals surface area contributed by atoms with Gasteiger partial charge in [-0.25, -0.2) is 4.68 Å². The van der Waals surface area contributed by atoms with Gasteiger partial charge in [-0.3, -0.25) is 4.79 Å². The Bertz CT molecular complexity index is 900. The van der Waals surface area contributed by atoms with Crippen LogP contribution in [0.25, 0.3) is 11.5 Å². The smallest absolute Gasteiger partial charge is 0.259 e. The molecule has 26 heavy (non-hydrogen) atoms. The third kappa shape index (κ3) is 2.94. The van der Waals surface area contributed by atoms with Gasteiger partial charge in [-0.1, -0.05) is 17.7 Å². The highest BCUT2D eigenvalue weighted by Crippen LogP contribution is 2.25. The van der Waals surface area contributed by atoms with Crippen molar-refractivity contribution in [2.75, 3.05) is 13.1 Å². The van der Waals surface area contributed by atoms with Crippen LogP contribution in [0.3, 0.4) is 0 Å². The molecule has 0 radical (unpaired) electrons. The van der Waals surface area contributed by atoms with Crippen molar-refractivity contribution in [3.63, 3.8) is 0 Å². The predicted octanol–water partition coefficient (Wildman–Crippen LogP) is 3.91. The van der Waals surface area contributed by atoms with Crippen molar-refractivity contribution in [3.8, 4) is 11.5 Å². The average Bonchev–Trinajstić information content (AvgIpc) is 3.30. The molecule has 0 spiro atoms. The van der Waals surface area contributed by atoms with Crippen molar-refractivity contribution in [2.45, 2.75) is 33.1 Å². The molecular weight excluding hydrogens is 324 g/mol. The molecule has 5 nitrogen and oxygen atoms in total. The summed E-state index contributed by atoms with van der Waals surface area (Å²) in [6.45, 7) is 5.66. The summed E-state index contributed by atoms with van der Waals surface area (Å²) < 4.78 is 3.86. The first-order valence-corrected chi connectivity index (χ1v) is 9.24. The molecule has 1 saturated heterocycles. The lowest BCUT2D eigenvalue weighted by molar-refractivity contribution is 0.0723. The molecule has 2 aromatic heterocycles. The number of hydrogen-bond acceptors (Lipinski definition) is 2. The number of likely N-dealkylation sites (tertiary alicyclic amines) is 1. The molecule has 1 aliphatic heterocycles. The summed E-state index contributed by atoms with van der Waals surface area (Å²) in [7, 11) is 0. The molecule has 134 valence electrons. The highest BCUT2D eigenvalue weighted by Gasteiger charge is 2.28. The summed E-state index contributed by atoms with van der Waals surface area (Å²) in [5.41, 5.74) is 3.62. The second-order valence-corrected chi connectivity index (χ2v) is 6.97. The van der Waals surface area contributed by atoms with Gasteiger partial charge in [0.05, 0.1) is 11.4 Å². The molecule has 4 rings (SSSR count). The van der Waals surface area contributed by atoms with E-state index in [1.165, 1.54) is 12.0 Å². The molecular formula is C21H24N4O. The summed E-state index contributed by atoms with van der Waals surface area (Å²) in [5.74, 6) is 0.899. The van der Waals surface area contributed by atoms with Crippen LogP contribution >= 0.6 is 0 Å². The molecule has 3 aromatic rings. The van der Waals surface area contributed by atoms with E-state index in [1.807, 2.05) is 57.7 Å². The molecule has 5 heteroatoms. The van der Waals surface area contributed by atoms with E-state index >= 15 is 0 Å². The van der Waals surface area contributed by atoms with Gasteiger partial charge in [0, 0.05) is 25.5 Å². The minimum absolute atomic E-state index is 0.0873. The van der Waals surface area contributed by atoms with Crippen molar-refractivity contribution in [2.24, 2.45) is 0 Å². The van der Waals surface area contributed by atoms with Crippen molar-refractivity contribution < 1.29 is 4.79 Å². The number of nitrogens with zero attached hydrogens (tertiary/aromatic N) is 4. The van der Waals surface area contributed by atoms with E-state index < -0.39 is 0 Å². The molecule has 1 aromatic carbocycles. The topological polar surface area (TPSA) is 43.1 Å². The number of carbonyl (C=O) groups excluding carboxylic acids is 1. The number of piperidine rings is 1. The maximum absolute atomic E-state index is 13.3. The normalized spacial score (nSPS) is 14.6. The van der Waals surface area contributed by atoms with Crippen LogP contribution in [-0.4, -0.2) is 38.2 Å². The zero-order valence-electron chi connectivity index (χ0n) is 15.4.